The molecular formula is C16H18ClN3O4S. The summed E-state index contributed by atoms with van der Waals surface area (Å²) in [5.74, 6) is -1.20. The summed E-state index contributed by atoms with van der Waals surface area (Å²) >= 11 is 11.1. The first kappa shape index (κ1) is 19.1. The lowest BCUT2D eigenvalue weighted by Gasteiger charge is -2.22. The molecule has 1 aliphatic rings. The SMILES string of the molecule is CCN1C(=O)C(CC(=O)Nc2ccc(Cl)cc2)N(CC(=O)OC)C1=S. The number of esters is 1. The molecule has 2 rings (SSSR count). The van der Waals surface area contributed by atoms with Crippen LogP contribution in [0.25, 0.3) is 0 Å². The minimum atomic E-state index is -0.834. The lowest BCUT2D eigenvalue weighted by Crippen LogP contribution is -2.41. The van der Waals surface area contributed by atoms with E-state index in [-0.39, 0.29) is 29.9 Å². The number of benzene rings is 1. The molecule has 1 fully saturated rings. The minimum Gasteiger partial charge on any atom is -0.468 e. The summed E-state index contributed by atoms with van der Waals surface area (Å²) in [7, 11) is 1.25. The molecule has 0 bridgehead atoms. The van der Waals surface area contributed by atoms with Crippen molar-refractivity contribution in [2.45, 2.75) is 19.4 Å². The molecule has 2 amide bonds. The Bertz CT molecular complexity index is 695. The Hall–Kier alpha value is -2.19. The van der Waals surface area contributed by atoms with Gasteiger partial charge in [-0.3, -0.25) is 19.3 Å². The number of rotatable bonds is 6. The topological polar surface area (TPSA) is 79.0 Å². The highest BCUT2D eigenvalue weighted by molar-refractivity contribution is 7.80. The van der Waals surface area contributed by atoms with E-state index in [0.717, 1.165) is 0 Å². The number of carbonyl (C=O) groups is 3. The van der Waals surface area contributed by atoms with Gasteiger partial charge in [0, 0.05) is 17.3 Å². The molecule has 1 unspecified atom stereocenters. The number of methoxy groups -OCH3 is 1. The van der Waals surface area contributed by atoms with E-state index >= 15 is 0 Å². The van der Waals surface area contributed by atoms with Gasteiger partial charge in [0.1, 0.15) is 12.6 Å². The molecule has 0 aromatic heterocycles. The normalized spacial score (nSPS) is 17.0. The van der Waals surface area contributed by atoms with Gasteiger partial charge in [-0.05, 0) is 43.4 Å². The quantitative estimate of drug-likeness (QED) is 0.594. The van der Waals surface area contributed by atoms with Crippen LogP contribution in [0.15, 0.2) is 24.3 Å². The Morgan fingerprint density at radius 3 is 2.52 bits per heavy atom. The van der Waals surface area contributed by atoms with E-state index in [9.17, 15) is 14.4 Å². The maximum Gasteiger partial charge on any atom is 0.325 e. The van der Waals surface area contributed by atoms with Gasteiger partial charge < -0.3 is 15.0 Å². The predicted octanol–water partition coefficient (Wildman–Crippen LogP) is 1.66. The molecule has 1 aromatic carbocycles. The first-order valence-electron chi connectivity index (χ1n) is 7.61. The molecule has 0 aliphatic carbocycles. The molecule has 0 saturated carbocycles. The molecule has 0 radical (unpaired) electrons. The number of nitrogens with one attached hydrogen (secondary N) is 1. The standard InChI is InChI=1S/C16H18ClN3O4S/c1-3-19-15(23)12(20(16(19)25)9-14(22)24-2)8-13(21)18-11-6-4-10(17)5-7-11/h4-7,12H,3,8-9H2,1-2H3,(H,18,21). The first-order valence-corrected chi connectivity index (χ1v) is 8.40. The minimum absolute atomic E-state index is 0.130. The summed E-state index contributed by atoms with van der Waals surface area (Å²) in [6.07, 6.45) is -0.130. The van der Waals surface area contributed by atoms with Crippen molar-refractivity contribution in [3.8, 4) is 0 Å². The van der Waals surface area contributed by atoms with Crippen LogP contribution < -0.4 is 5.32 Å². The Morgan fingerprint density at radius 1 is 1.32 bits per heavy atom. The number of carbonyl (C=O) groups excluding carboxylic acids is 3. The molecule has 9 heteroatoms. The van der Waals surface area contributed by atoms with E-state index in [1.165, 1.54) is 16.9 Å². The maximum atomic E-state index is 12.5. The zero-order valence-electron chi connectivity index (χ0n) is 13.8. The fourth-order valence-electron chi connectivity index (χ4n) is 2.49. The van der Waals surface area contributed by atoms with Crippen LogP contribution in [-0.4, -0.2) is 58.9 Å². The number of hydrogen-bond donors (Lipinski definition) is 1. The van der Waals surface area contributed by atoms with Crippen LogP contribution in [0.3, 0.4) is 0 Å². The Labute approximate surface area is 155 Å². The lowest BCUT2D eigenvalue weighted by molar-refractivity contribution is -0.141. The molecule has 25 heavy (non-hydrogen) atoms. The summed E-state index contributed by atoms with van der Waals surface area (Å²) < 4.78 is 4.64. The van der Waals surface area contributed by atoms with E-state index in [1.807, 2.05) is 0 Å². The van der Waals surface area contributed by atoms with Crippen LogP contribution >= 0.6 is 23.8 Å². The van der Waals surface area contributed by atoms with E-state index < -0.39 is 12.0 Å². The Balaban J connectivity index is 2.11. The number of halogens is 1. The van der Waals surface area contributed by atoms with Crippen molar-refractivity contribution in [3.05, 3.63) is 29.3 Å². The third-order valence-electron chi connectivity index (χ3n) is 3.75. The number of thiocarbonyl (C=S) groups is 1. The van der Waals surface area contributed by atoms with Crippen LogP contribution in [0.4, 0.5) is 5.69 Å². The molecule has 7 nitrogen and oxygen atoms in total. The second kappa shape index (κ2) is 8.26. The van der Waals surface area contributed by atoms with Gasteiger partial charge in [-0.25, -0.2) is 0 Å². The summed E-state index contributed by atoms with van der Waals surface area (Å²) in [6.45, 7) is 1.96. The number of nitrogens with zero attached hydrogens (tertiary/aromatic N) is 2. The van der Waals surface area contributed by atoms with Crippen LogP contribution in [0.2, 0.25) is 5.02 Å². The highest BCUT2D eigenvalue weighted by Gasteiger charge is 2.43. The highest BCUT2D eigenvalue weighted by atomic mass is 35.5. The molecule has 1 atom stereocenters. The van der Waals surface area contributed by atoms with Crippen LogP contribution in [-0.2, 0) is 19.1 Å². The van der Waals surface area contributed by atoms with Gasteiger partial charge in [0.2, 0.25) is 5.91 Å². The number of ether oxygens (including phenoxy) is 1. The monoisotopic (exact) mass is 383 g/mol. The fraction of sp³-hybridized carbons (Fsp3) is 0.375. The summed E-state index contributed by atoms with van der Waals surface area (Å²) in [6, 6.07) is 5.78. The second-order valence-corrected chi connectivity index (χ2v) is 6.15. The Morgan fingerprint density at radius 2 is 1.96 bits per heavy atom. The van der Waals surface area contributed by atoms with Gasteiger partial charge in [-0.1, -0.05) is 11.6 Å². The Kier molecular flexibility index (Phi) is 6.33. The van der Waals surface area contributed by atoms with Crippen molar-refractivity contribution in [2.24, 2.45) is 0 Å². The fourth-order valence-corrected chi connectivity index (χ4v) is 3.02. The third kappa shape index (κ3) is 4.46. The van der Waals surface area contributed by atoms with Crippen molar-refractivity contribution in [1.82, 2.24) is 9.80 Å². The number of hydrogen-bond acceptors (Lipinski definition) is 5. The average Bonchev–Trinajstić information content (AvgIpc) is 2.80. The van der Waals surface area contributed by atoms with Gasteiger partial charge in [0.25, 0.3) is 5.91 Å². The molecule has 1 heterocycles. The van der Waals surface area contributed by atoms with Crippen molar-refractivity contribution < 1.29 is 19.1 Å². The van der Waals surface area contributed by atoms with Crippen molar-refractivity contribution in [3.63, 3.8) is 0 Å². The highest BCUT2D eigenvalue weighted by Crippen LogP contribution is 2.21. The number of likely N-dealkylation sites (N-methyl/N-ethyl adjacent to an activating group) is 1. The molecule has 134 valence electrons. The van der Waals surface area contributed by atoms with Crippen molar-refractivity contribution in [1.29, 1.82) is 0 Å². The van der Waals surface area contributed by atoms with Crippen LogP contribution in [0.5, 0.6) is 0 Å². The molecular weight excluding hydrogens is 366 g/mol. The van der Waals surface area contributed by atoms with E-state index in [0.29, 0.717) is 17.3 Å². The van der Waals surface area contributed by atoms with Gasteiger partial charge in [0.05, 0.1) is 13.5 Å². The van der Waals surface area contributed by atoms with Crippen LogP contribution in [0.1, 0.15) is 13.3 Å². The summed E-state index contributed by atoms with van der Waals surface area (Å²) in [5, 5.41) is 3.47. The largest absolute Gasteiger partial charge is 0.468 e. The van der Waals surface area contributed by atoms with Gasteiger partial charge in [-0.2, -0.15) is 0 Å². The van der Waals surface area contributed by atoms with Gasteiger partial charge in [-0.15, -0.1) is 0 Å². The zero-order valence-corrected chi connectivity index (χ0v) is 15.4. The number of amides is 2. The third-order valence-corrected chi connectivity index (χ3v) is 4.46. The zero-order chi connectivity index (χ0) is 18.6. The van der Waals surface area contributed by atoms with Gasteiger partial charge in [0.15, 0.2) is 5.11 Å². The smallest absolute Gasteiger partial charge is 0.325 e. The maximum absolute atomic E-state index is 12.5. The lowest BCUT2D eigenvalue weighted by atomic mass is 10.1. The molecule has 0 spiro atoms. The second-order valence-electron chi connectivity index (χ2n) is 5.34. The average molecular weight is 384 g/mol. The summed E-state index contributed by atoms with van der Waals surface area (Å²) in [5.41, 5.74) is 0.564. The molecule has 1 N–H and O–H groups in total. The molecule has 1 saturated heterocycles. The van der Waals surface area contributed by atoms with Crippen molar-refractivity contribution in [2.75, 3.05) is 25.5 Å². The van der Waals surface area contributed by atoms with Gasteiger partial charge >= 0.3 is 5.97 Å². The molecule has 1 aromatic rings. The van der Waals surface area contributed by atoms with Crippen LogP contribution in [0, 0.1) is 0 Å². The van der Waals surface area contributed by atoms with E-state index in [2.05, 4.69) is 10.1 Å². The van der Waals surface area contributed by atoms with E-state index in [1.54, 1.807) is 31.2 Å². The summed E-state index contributed by atoms with van der Waals surface area (Å²) in [4.78, 5) is 39.2. The predicted molar refractivity (Wildman–Crippen MR) is 97.2 cm³/mol. The van der Waals surface area contributed by atoms with E-state index in [4.69, 9.17) is 23.8 Å². The first-order chi connectivity index (χ1) is 11.9. The molecule has 1 aliphatic heterocycles. The van der Waals surface area contributed by atoms with Crippen molar-refractivity contribution >= 4 is 52.4 Å². The number of anilines is 1.